The highest BCUT2D eigenvalue weighted by molar-refractivity contribution is 5.76. The second-order valence-electron chi connectivity index (χ2n) is 5.58. The molecule has 1 aliphatic rings. The van der Waals surface area contributed by atoms with Gasteiger partial charge in [0, 0.05) is 6.42 Å². The molecule has 120 valence electrons. The molecule has 0 bridgehead atoms. The van der Waals surface area contributed by atoms with Gasteiger partial charge in [0.2, 0.25) is 0 Å². The van der Waals surface area contributed by atoms with E-state index in [2.05, 4.69) is 0 Å². The second kappa shape index (κ2) is 7.90. The van der Waals surface area contributed by atoms with Crippen molar-refractivity contribution in [2.45, 2.75) is 31.8 Å². The van der Waals surface area contributed by atoms with Gasteiger partial charge < -0.3 is 14.2 Å². The van der Waals surface area contributed by atoms with Gasteiger partial charge in [-0.15, -0.1) is 0 Å². The molecular weight excluding hydrogens is 292 g/mol. The van der Waals surface area contributed by atoms with Crippen LogP contribution in [0.3, 0.4) is 0 Å². The topological polar surface area (TPSA) is 44.8 Å². The van der Waals surface area contributed by atoms with E-state index in [0.29, 0.717) is 26.2 Å². The van der Waals surface area contributed by atoms with E-state index in [0.717, 1.165) is 11.1 Å². The molecule has 0 radical (unpaired) electrons. The van der Waals surface area contributed by atoms with Crippen LogP contribution in [0.4, 0.5) is 0 Å². The van der Waals surface area contributed by atoms with Crippen molar-refractivity contribution in [2.75, 3.05) is 6.61 Å². The molecule has 0 N–H and O–H groups in total. The highest BCUT2D eigenvalue weighted by Gasteiger charge is 2.35. The predicted molar refractivity (Wildman–Crippen MR) is 85.6 cm³/mol. The Kier molecular flexibility index (Phi) is 5.40. The van der Waals surface area contributed by atoms with E-state index in [1.165, 1.54) is 0 Å². The molecule has 0 aliphatic carbocycles. The number of cyclic esters (lactones) is 1. The van der Waals surface area contributed by atoms with Crippen LogP contribution in [0.2, 0.25) is 0 Å². The molecule has 0 amide bonds. The summed E-state index contributed by atoms with van der Waals surface area (Å²) in [6, 6.07) is 19.7. The van der Waals surface area contributed by atoms with Crippen molar-refractivity contribution in [1.82, 2.24) is 0 Å². The molecule has 2 unspecified atom stereocenters. The van der Waals surface area contributed by atoms with Gasteiger partial charge in [0.15, 0.2) is 6.10 Å². The van der Waals surface area contributed by atoms with Crippen molar-refractivity contribution in [2.24, 2.45) is 0 Å². The normalized spacial score (nSPS) is 20.4. The lowest BCUT2D eigenvalue weighted by molar-refractivity contribution is -0.151. The summed E-state index contributed by atoms with van der Waals surface area (Å²) in [6.07, 6.45) is -0.187. The zero-order valence-corrected chi connectivity index (χ0v) is 12.9. The van der Waals surface area contributed by atoms with Gasteiger partial charge in [-0.3, -0.25) is 0 Å². The highest BCUT2D eigenvalue weighted by atomic mass is 16.6. The molecule has 0 saturated carbocycles. The minimum absolute atomic E-state index is 0.230. The smallest absolute Gasteiger partial charge is 0.335 e. The highest BCUT2D eigenvalue weighted by Crippen LogP contribution is 2.20. The SMILES string of the molecule is O=C1OC(COCc2ccccc2)CC1OCc1ccccc1. The van der Waals surface area contributed by atoms with Crippen LogP contribution < -0.4 is 0 Å². The van der Waals surface area contributed by atoms with Crippen LogP contribution in [0.1, 0.15) is 17.5 Å². The fourth-order valence-electron chi connectivity index (χ4n) is 2.51. The Morgan fingerprint density at radius 1 is 0.913 bits per heavy atom. The fourth-order valence-corrected chi connectivity index (χ4v) is 2.51. The van der Waals surface area contributed by atoms with Crippen LogP contribution in [0.5, 0.6) is 0 Å². The Hall–Kier alpha value is -2.17. The summed E-state index contributed by atoms with van der Waals surface area (Å²) in [5.74, 6) is -0.297. The number of carbonyl (C=O) groups is 1. The first-order chi connectivity index (χ1) is 11.3. The van der Waals surface area contributed by atoms with Crippen molar-refractivity contribution in [1.29, 1.82) is 0 Å². The van der Waals surface area contributed by atoms with E-state index in [9.17, 15) is 4.79 Å². The van der Waals surface area contributed by atoms with Crippen LogP contribution in [0.25, 0.3) is 0 Å². The van der Waals surface area contributed by atoms with Crippen molar-refractivity contribution in [3.05, 3.63) is 71.8 Å². The Morgan fingerprint density at radius 3 is 2.17 bits per heavy atom. The van der Waals surface area contributed by atoms with Gasteiger partial charge in [0.05, 0.1) is 19.8 Å². The second-order valence-corrected chi connectivity index (χ2v) is 5.58. The Balaban J connectivity index is 1.40. The average Bonchev–Trinajstić information content (AvgIpc) is 2.95. The van der Waals surface area contributed by atoms with Crippen LogP contribution in [0.15, 0.2) is 60.7 Å². The van der Waals surface area contributed by atoms with Crippen LogP contribution in [-0.4, -0.2) is 24.8 Å². The number of benzene rings is 2. The van der Waals surface area contributed by atoms with E-state index in [4.69, 9.17) is 14.2 Å². The number of esters is 1. The Morgan fingerprint density at radius 2 is 1.52 bits per heavy atom. The summed E-state index contributed by atoms with van der Waals surface area (Å²) in [7, 11) is 0. The Labute approximate surface area is 136 Å². The first-order valence-corrected chi connectivity index (χ1v) is 7.79. The molecule has 4 nitrogen and oxygen atoms in total. The fraction of sp³-hybridized carbons (Fsp3) is 0.316. The van der Waals surface area contributed by atoms with Gasteiger partial charge in [-0.25, -0.2) is 4.79 Å². The standard InChI is InChI=1S/C19H20O4/c20-19-18(22-13-16-9-5-2-6-10-16)11-17(23-19)14-21-12-15-7-3-1-4-8-15/h1-10,17-18H,11-14H2. The minimum Gasteiger partial charge on any atom is -0.458 e. The van der Waals surface area contributed by atoms with Crippen LogP contribution in [0, 0.1) is 0 Å². The molecule has 4 heteroatoms. The molecule has 1 aliphatic heterocycles. The minimum atomic E-state index is -0.500. The maximum Gasteiger partial charge on any atom is 0.335 e. The summed E-state index contributed by atoms with van der Waals surface area (Å²) in [5.41, 5.74) is 2.15. The third kappa shape index (κ3) is 4.65. The number of rotatable bonds is 7. The summed E-state index contributed by atoms with van der Waals surface area (Å²) in [6.45, 7) is 1.33. The summed E-state index contributed by atoms with van der Waals surface area (Å²) in [5, 5.41) is 0. The number of hydrogen-bond donors (Lipinski definition) is 0. The molecule has 0 aromatic heterocycles. The van der Waals surface area contributed by atoms with E-state index in [1.54, 1.807) is 0 Å². The van der Waals surface area contributed by atoms with Crippen LogP contribution in [-0.2, 0) is 32.2 Å². The molecular formula is C19H20O4. The molecule has 2 aromatic carbocycles. The van der Waals surface area contributed by atoms with Gasteiger partial charge >= 0.3 is 5.97 Å². The predicted octanol–water partition coefficient (Wildman–Crippen LogP) is 3.10. The third-order valence-electron chi connectivity index (χ3n) is 3.73. The molecule has 1 heterocycles. The lowest BCUT2D eigenvalue weighted by Crippen LogP contribution is -2.18. The van der Waals surface area contributed by atoms with Crippen molar-refractivity contribution < 1.29 is 19.0 Å². The zero-order valence-electron chi connectivity index (χ0n) is 12.9. The van der Waals surface area contributed by atoms with Gasteiger partial charge in [-0.1, -0.05) is 60.7 Å². The van der Waals surface area contributed by atoms with Crippen molar-refractivity contribution in [3.63, 3.8) is 0 Å². The molecule has 1 fully saturated rings. The first kappa shape index (κ1) is 15.7. The number of carbonyl (C=O) groups excluding carboxylic acids is 1. The van der Waals surface area contributed by atoms with Gasteiger partial charge in [-0.2, -0.15) is 0 Å². The van der Waals surface area contributed by atoms with E-state index in [1.807, 2.05) is 60.7 Å². The third-order valence-corrected chi connectivity index (χ3v) is 3.73. The molecule has 3 rings (SSSR count). The van der Waals surface area contributed by atoms with E-state index in [-0.39, 0.29) is 12.1 Å². The van der Waals surface area contributed by atoms with Gasteiger partial charge in [0.25, 0.3) is 0 Å². The molecule has 1 saturated heterocycles. The lowest BCUT2D eigenvalue weighted by atomic mass is 10.2. The maximum absolute atomic E-state index is 11.8. The zero-order chi connectivity index (χ0) is 15.9. The molecule has 2 aromatic rings. The quantitative estimate of drug-likeness (QED) is 0.737. The maximum atomic E-state index is 11.8. The largest absolute Gasteiger partial charge is 0.458 e. The van der Waals surface area contributed by atoms with Gasteiger partial charge in [0.1, 0.15) is 6.10 Å². The molecule has 23 heavy (non-hydrogen) atoms. The van der Waals surface area contributed by atoms with E-state index < -0.39 is 6.10 Å². The Bertz CT molecular complexity index is 612. The summed E-state index contributed by atoms with van der Waals surface area (Å²) >= 11 is 0. The van der Waals surface area contributed by atoms with Crippen molar-refractivity contribution >= 4 is 5.97 Å². The van der Waals surface area contributed by atoms with Gasteiger partial charge in [-0.05, 0) is 11.1 Å². The molecule has 2 atom stereocenters. The van der Waals surface area contributed by atoms with Crippen molar-refractivity contribution in [3.8, 4) is 0 Å². The van der Waals surface area contributed by atoms with E-state index >= 15 is 0 Å². The lowest BCUT2D eigenvalue weighted by Gasteiger charge is -2.10. The summed E-state index contributed by atoms with van der Waals surface area (Å²) < 4.78 is 16.6. The number of hydrogen-bond acceptors (Lipinski definition) is 4. The van der Waals surface area contributed by atoms with Crippen LogP contribution >= 0.6 is 0 Å². The monoisotopic (exact) mass is 312 g/mol. The average molecular weight is 312 g/mol. The molecule has 0 spiro atoms. The summed E-state index contributed by atoms with van der Waals surface area (Å²) in [4.78, 5) is 11.8. The number of ether oxygens (including phenoxy) is 3. The first-order valence-electron chi connectivity index (χ1n) is 7.79.